The molecule has 0 fully saturated rings. The summed E-state index contributed by atoms with van der Waals surface area (Å²) in [6.07, 6.45) is 1.97. The number of hydrogen-bond donors (Lipinski definition) is 0. The molecule has 1 unspecified atom stereocenters. The monoisotopic (exact) mass is 364 g/mol. The fourth-order valence-electron chi connectivity index (χ4n) is 3.68. The van der Waals surface area contributed by atoms with E-state index in [0.29, 0.717) is 19.7 Å². The van der Waals surface area contributed by atoms with Gasteiger partial charge in [0.05, 0.1) is 12.3 Å². The second-order valence-corrected chi connectivity index (χ2v) is 6.62. The Morgan fingerprint density at radius 2 is 1.89 bits per heavy atom. The third-order valence-electron chi connectivity index (χ3n) is 4.86. The summed E-state index contributed by atoms with van der Waals surface area (Å²) >= 11 is 0. The summed E-state index contributed by atoms with van der Waals surface area (Å²) in [5, 5.41) is 0. The minimum atomic E-state index is -0.530. The molecule has 5 heteroatoms. The summed E-state index contributed by atoms with van der Waals surface area (Å²) in [4.78, 5) is 15.0. The van der Waals surface area contributed by atoms with E-state index in [-0.39, 0.29) is 11.8 Å². The number of rotatable bonds is 4. The van der Waals surface area contributed by atoms with E-state index < -0.39 is 6.04 Å². The lowest BCUT2D eigenvalue weighted by Gasteiger charge is -2.28. The van der Waals surface area contributed by atoms with Gasteiger partial charge in [0.15, 0.2) is 0 Å². The zero-order valence-corrected chi connectivity index (χ0v) is 15.1. The lowest BCUT2D eigenvalue weighted by molar-refractivity contribution is -0.150. The highest BCUT2D eigenvalue weighted by Crippen LogP contribution is 2.34. The maximum Gasteiger partial charge on any atom is 0.329 e. The number of nitrogens with zero attached hydrogens (tertiary/aromatic N) is 2. The summed E-state index contributed by atoms with van der Waals surface area (Å²) in [7, 11) is 0. The average Bonchev–Trinajstić information content (AvgIpc) is 3.09. The second kappa shape index (κ2) is 7.37. The number of halogens is 1. The van der Waals surface area contributed by atoms with Crippen LogP contribution >= 0.6 is 0 Å². The van der Waals surface area contributed by atoms with Crippen molar-refractivity contribution in [1.29, 1.82) is 0 Å². The van der Waals surface area contributed by atoms with E-state index in [9.17, 15) is 9.18 Å². The number of aromatic nitrogens is 1. The molecule has 1 aliphatic heterocycles. The first-order chi connectivity index (χ1) is 13.2. The van der Waals surface area contributed by atoms with Crippen molar-refractivity contribution >= 4 is 5.97 Å². The van der Waals surface area contributed by atoms with Crippen molar-refractivity contribution in [3.8, 4) is 5.69 Å². The maximum absolute atomic E-state index is 13.3. The zero-order chi connectivity index (χ0) is 18.8. The molecule has 0 aliphatic carbocycles. The van der Waals surface area contributed by atoms with E-state index in [1.54, 1.807) is 12.1 Å². The van der Waals surface area contributed by atoms with E-state index in [2.05, 4.69) is 21.6 Å². The van der Waals surface area contributed by atoms with Gasteiger partial charge in [-0.25, -0.2) is 9.18 Å². The van der Waals surface area contributed by atoms with Crippen LogP contribution in [0, 0.1) is 5.82 Å². The highest BCUT2D eigenvalue weighted by molar-refractivity contribution is 5.78. The Labute approximate surface area is 157 Å². The van der Waals surface area contributed by atoms with Crippen molar-refractivity contribution in [3.05, 3.63) is 89.5 Å². The number of para-hydroxylation sites is 1. The number of carbonyl (C=O) groups excluding carboxylic acids is 1. The molecule has 0 radical (unpaired) electrons. The summed E-state index contributed by atoms with van der Waals surface area (Å²) in [5.74, 6) is -0.539. The van der Waals surface area contributed by atoms with Crippen molar-refractivity contribution in [2.24, 2.45) is 0 Å². The van der Waals surface area contributed by atoms with Gasteiger partial charge >= 0.3 is 5.97 Å². The van der Waals surface area contributed by atoms with E-state index in [1.807, 2.05) is 37.4 Å². The van der Waals surface area contributed by atoms with Gasteiger partial charge in [0.1, 0.15) is 11.9 Å². The standard InChI is InChI=1S/C22H21FN2O2/c1-2-27-22(26)21-20-8-5-13-25(20)19-7-4-3-6-17(19)15-24(21)14-16-9-11-18(23)12-10-16/h3-13,21H,2,14-15H2,1H3. The van der Waals surface area contributed by atoms with Crippen LogP contribution in [0.1, 0.15) is 29.8 Å². The minimum absolute atomic E-state index is 0.268. The van der Waals surface area contributed by atoms with E-state index in [1.165, 1.54) is 12.1 Å². The minimum Gasteiger partial charge on any atom is -0.465 e. The first-order valence-electron chi connectivity index (χ1n) is 9.08. The predicted molar refractivity (Wildman–Crippen MR) is 101 cm³/mol. The highest BCUT2D eigenvalue weighted by atomic mass is 19.1. The van der Waals surface area contributed by atoms with Gasteiger partial charge in [-0.05, 0) is 48.4 Å². The largest absolute Gasteiger partial charge is 0.465 e. The molecule has 0 amide bonds. The first kappa shape index (κ1) is 17.5. The van der Waals surface area contributed by atoms with Crippen LogP contribution < -0.4 is 0 Å². The van der Waals surface area contributed by atoms with Gasteiger partial charge in [0.2, 0.25) is 0 Å². The van der Waals surface area contributed by atoms with Crippen LogP contribution in [-0.2, 0) is 22.6 Å². The molecule has 0 N–H and O–H groups in total. The quantitative estimate of drug-likeness (QED) is 0.650. The normalized spacial score (nSPS) is 16.3. The third kappa shape index (κ3) is 3.38. The van der Waals surface area contributed by atoms with Gasteiger partial charge in [0, 0.05) is 25.0 Å². The van der Waals surface area contributed by atoms with Crippen molar-refractivity contribution in [2.75, 3.05) is 6.61 Å². The lowest BCUT2D eigenvalue weighted by atomic mass is 10.1. The van der Waals surface area contributed by atoms with E-state index >= 15 is 0 Å². The van der Waals surface area contributed by atoms with Crippen LogP contribution in [0.15, 0.2) is 66.9 Å². The topological polar surface area (TPSA) is 34.5 Å². The molecule has 3 aromatic rings. The van der Waals surface area contributed by atoms with E-state index in [0.717, 1.165) is 22.5 Å². The Balaban J connectivity index is 1.79. The molecular formula is C22H21FN2O2. The van der Waals surface area contributed by atoms with Crippen molar-refractivity contribution in [1.82, 2.24) is 9.47 Å². The van der Waals surface area contributed by atoms with Crippen LogP contribution in [0.3, 0.4) is 0 Å². The number of esters is 1. The Morgan fingerprint density at radius 3 is 2.67 bits per heavy atom. The molecule has 4 rings (SSSR count). The van der Waals surface area contributed by atoms with Crippen molar-refractivity contribution < 1.29 is 13.9 Å². The molecule has 0 saturated heterocycles. The SMILES string of the molecule is CCOC(=O)C1c2cccn2-c2ccccc2CN1Cc1ccc(F)cc1. The van der Waals surface area contributed by atoms with Crippen LogP contribution in [0.4, 0.5) is 4.39 Å². The van der Waals surface area contributed by atoms with Crippen LogP contribution in [0.2, 0.25) is 0 Å². The number of fused-ring (bicyclic) bond motifs is 3. The lowest BCUT2D eigenvalue weighted by Crippen LogP contribution is -2.34. The molecule has 0 bridgehead atoms. The highest BCUT2D eigenvalue weighted by Gasteiger charge is 2.34. The Kier molecular flexibility index (Phi) is 4.77. The summed E-state index contributed by atoms with van der Waals surface area (Å²) in [6, 6.07) is 17.9. The Bertz CT molecular complexity index is 949. The van der Waals surface area contributed by atoms with Gasteiger partial charge in [-0.2, -0.15) is 0 Å². The van der Waals surface area contributed by atoms with Gasteiger partial charge in [-0.1, -0.05) is 30.3 Å². The second-order valence-electron chi connectivity index (χ2n) is 6.62. The molecule has 138 valence electrons. The summed E-state index contributed by atoms with van der Waals surface area (Å²) < 4.78 is 20.7. The Morgan fingerprint density at radius 1 is 1.11 bits per heavy atom. The molecule has 1 aliphatic rings. The molecule has 2 heterocycles. The number of hydrogen-bond acceptors (Lipinski definition) is 3. The predicted octanol–water partition coefficient (Wildman–Crippen LogP) is 4.24. The maximum atomic E-state index is 13.3. The van der Waals surface area contributed by atoms with Crippen molar-refractivity contribution in [3.63, 3.8) is 0 Å². The molecule has 27 heavy (non-hydrogen) atoms. The Hall–Kier alpha value is -2.92. The zero-order valence-electron chi connectivity index (χ0n) is 15.1. The van der Waals surface area contributed by atoms with Crippen LogP contribution in [-0.4, -0.2) is 22.0 Å². The summed E-state index contributed by atoms with van der Waals surface area (Å²) in [5.41, 5.74) is 4.01. The molecule has 1 aromatic heterocycles. The fraction of sp³-hybridized carbons (Fsp3) is 0.227. The third-order valence-corrected chi connectivity index (χ3v) is 4.86. The van der Waals surface area contributed by atoms with Crippen LogP contribution in [0.25, 0.3) is 5.69 Å². The molecule has 1 atom stereocenters. The van der Waals surface area contributed by atoms with Gasteiger partial charge in [-0.3, -0.25) is 4.90 Å². The number of ether oxygens (including phenoxy) is 1. The van der Waals surface area contributed by atoms with E-state index in [4.69, 9.17) is 4.74 Å². The number of benzene rings is 2. The summed E-state index contributed by atoms with van der Waals surface area (Å²) in [6.45, 7) is 3.25. The molecule has 4 nitrogen and oxygen atoms in total. The smallest absolute Gasteiger partial charge is 0.329 e. The first-order valence-corrected chi connectivity index (χ1v) is 9.08. The molecule has 0 spiro atoms. The average molecular weight is 364 g/mol. The van der Waals surface area contributed by atoms with Gasteiger partial charge < -0.3 is 9.30 Å². The number of carbonyl (C=O) groups is 1. The van der Waals surface area contributed by atoms with Gasteiger partial charge in [-0.15, -0.1) is 0 Å². The van der Waals surface area contributed by atoms with Crippen LogP contribution in [0.5, 0.6) is 0 Å². The fourth-order valence-corrected chi connectivity index (χ4v) is 3.68. The van der Waals surface area contributed by atoms with Gasteiger partial charge in [0.25, 0.3) is 0 Å². The molecular weight excluding hydrogens is 343 g/mol. The molecule has 0 saturated carbocycles. The van der Waals surface area contributed by atoms with Crippen molar-refractivity contribution in [2.45, 2.75) is 26.1 Å². The molecule has 2 aromatic carbocycles.